The van der Waals surface area contributed by atoms with Gasteiger partial charge in [-0.25, -0.2) is 0 Å². The van der Waals surface area contributed by atoms with Crippen LogP contribution in [0.2, 0.25) is 5.02 Å². The fraction of sp³-hybridized carbons (Fsp3) is 0.250. The Kier molecular flexibility index (Phi) is 5.26. The van der Waals surface area contributed by atoms with Gasteiger partial charge in [-0.2, -0.15) is 0 Å². The van der Waals surface area contributed by atoms with Crippen LogP contribution in [0.15, 0.2) is 42.5 Å². The summed E-state index contributed by atoms with van der Waals surface area (Å²) in [5.41, 5.74) is 5.74. The van der Waals surface area contributed by atoms with E-state index in [-0.39, 0.29) is 18.9 Å². The Labute approximate surface area is 171 Å². The first kappa shape index (κ1) is 19.1. The zero-order valence-corrected chi connectivity index (χ0v) is 16.1. The Morgan fingerprint density at radius 3 is 2.48 bits per heavy atom. The molecule has 0 aromatic heterocycles. The molecule has 2 N–H and O–H groups in total. The molecule has 29 heavy (non-hydrogen) atoms. The van der Waals surface area contributed by atoms with Gasteiger partial charge in [0.1, 0.15) is 13.2 Å². The Bertz CT molecular complexity index is 963. The van der Waals surface area contributed by atoms with E-state index in [0.29, 0.717) is 41.0 Å². The second-order valence-electron chi connectivity index (χ2n) is 6.68. The highest BCUT2D eigenvalue weighted by molar-refractivity contribution is 6.30. The molecular weight excluding hydrogens is 398 g/mol. The molecular formula is C20H18ClN3O5. The van der Waals surface area contributed by atoms with Gasteiger partial charge in [0.15, 0.2) is 11.5 Å². The summed E-state index contributed by atoms with van der Waals surface area (Å²) in [5, 5.41) is 0.509. The maximum absolute atomic E-state index is 12.4. The first-order valence-corrected chi connectivity index (χ1v) is 9.45. The molecule has 1 atom stereocenters. The summed E-state index contributed by atoms with van der Waals surface area (Å²) < 4.78 is 11.0. The van der Waals surface area contributed by atoms with E-state index in [1.54, 1.807) is 42.5 Å². The molecule has 0 bridgehead atoms. The Hall–Kier alpha value is -3.26. The third-order valence-electron chi connectivity index (χ3n) is 4.74. The molecule has 2 aromatic rings. The first-order valence-electron chi connectivity index (χ1n) is 9.07. The second-order valence-corrected chi connectivity index (χ2v) is 7.12. The number of hydrogen-bond acceptors (Lipinski definition) is 5. The van der Waals surface area contributed by atoms with Crippen LogP contribution < -0.4 is 25.2 Å². The van der Waals surface area contributed by atoms with Crippen molar-refractivity contribution >= 4 is 35.0 Å². The highest BCUT2D eigenvalue weighted by Gasteiger charge is 2.35. The number of carbonyl (C=O) groups is 3. The van der Waals surface area contributed by atoms with E-state index in [9.17, 15) is 14.4 Å². The van der Waals surface area contributed by atoms with Gasteiger partial charge in [0, 0.05) is 35.3 Å². The second kappa shape index (κ2) is 8.00. The maximum Gasteiger partial charge on any atom is 0.269 e. The summed E-state index contributed by atoms with van der Waals surface area (Å²) in [4.78, 5) is 38.5. The molecule has 0 radical (unpaired) electrons. The van der Waals surface area contributed by atoms with Crippen LogP contribution in [0, 0.1) is 5.92 Å². The van der Waals surface area contributed by atoms with Crippen molar-refractivity contribution in [1.29, 1.82) is 0 Å². The van der Waals surface area contributed by atoms with E-state index in [2.05, 4.69) is 10.9 Å². The Balaban J connectivity index is 1.36. The van der Waals surface area contributed by atoms with Crippen LogP contribution in [0.25, 0.3) is 0 Å². The maximum atomic E-state index is 12.4. The number of nitrogens with zero attached hydrogens (tertiary/aromatic N) is 1. The SMILES string of the molecule is O=C(NNC(=O)[C@H]1CC(=O)N(c2ccc3c(c2)OCCO3)C1)c1ccc(Cl)cc1. The minimum Gasteiger partial charge on any atom is -0.486 e. The van der Waals surface area contributed by atoms with Crippen LogP contribution >= 0.6 is 11.6 Å². The van der Waals surface area contributed by atoms with Crippen molar-refractivity contribution in [1.82, 2.24) is 10.9 Å². The van der Waals surface area contributed by atoms with E-state index >= 15 is 0 Å². The Morgan fingerprint density at radius 1 is 1.00 bits per heavy atom. The number of fused-ring (bicyclic) bond motifs is 1. The summed E-state index contributed by atoms with van der Waals surface area (Å²) in [6.45, 7) is 1.14. The normalized spacial score (nSPS) is 17.8. The van der Waals surface area contributed by atoms with Crippen LogP contribution in [0.3, 0.4) is 0 Å². The number of nitrogens with one attached hydrogen (secondary N) is 2. The number of anilines is 1. The van der Waals surface area contributed by atoms with Crippen molar-refractivity contribution in [3.05, 3.63) is 53.1 Å². The number of halogens is 1. The summed E-state index contributed by atoms with van der Waals surface area (Å²) in [7, 11) is 0. The predicted molar refractivity (Wildman–Crippen MR) is 105 cm³/mol. The topological polar surface area (TPSA) is 97.0 Å². The molecule has 1 saturated heterocycles. The number of hydrogen-bond donors (Lipinski definition) is 2. The van der Waals surface area contributed by atoms with Crippen molar-refractivity contribution in [2.75, 3.05) is 24.7 Å². The fourth-order valence-electron chi connectivity index (χ4n) is 3.23. The van der Waals surface area contributed by atoms with Crippen molar-refractivity contribution in [3.63, 3.8) is 0 Å². The van der Waals surface area contributed by atoms with Crippen LogP contribution in [0.5, 0.6) is 11.5 Å². The lowest BCUT2D eigenvalue weighted by atomic mass is 10.1. The summed E-state index contributed by atoms with van der Waals surface area (Å²) in [6.07, 6.45) is 0.0527. The van der Waals surface area contributed by atoms with Crippen LogP contribution in [0.1, 0.15) is 16.8 Å². The van der Waals surface area contributed by atoms with Gasteiger partial charge in [0.25, 0.3) is 5.91 Å². The Morgan fingerprint density at radius 2 is 1.72 bits per heavy atom. The van der Waals surface area contributed by atoms with Gasteiger partial charge < -0.3 is 14.4 Å². The first-order chi connectivity index (χ1) is 14.0. The number of rotatable bonds is 3. The molecule has 150 valence electrons. The van der Waals surface area contributed by atoms with Crippen molar-refractivity contribution < 1.29 is 23.9 Å². The van der Waals surface area contributed by atoms with Crippen LogP contribution in [0.4, 0.5) is 5.69 Å². The van der Waals surface area contributed by atoms with E-state index in [1.807, 2.05) is 0 Å². The minimum atomic E-state index is -0.582. The molecule has 2 aliphatic rings. The standard InChI is InChI=1S/C20H18ClN3O5/c21-14-3-1-12(2-4-14)19(26)22-23-20(27)13-9-18(25)24(11-13)15-5-6-16-17(10-15)29-8-7-28-16/h1-6,10,13H,7-9,11H2,(H,22,26)(H,23,27)/t13-/m0/s1. The summed E-state index contributed by atoms with van der Waals surface area (Å²) in [5.74, 6) is -0.452. The minimum absolute atomic E-state index is 0.0527. The van der Waals surface area contributed by atoms with E-state index in [1.165, 1.54) is 4.90 Å². The van der Waals surface area contributed by atoms with E-state index in [0.717, 1.165) is 0 Å². The molecule has 3 amide bonds. The van der Waals surface area contributed by atoms with Crippen molar-refractivity contribution in [3.8, 4) is 11.5 Å². The zero-order chi connectivity index (χ0) is 20.4. The molecule has 4 rings (SSSR count). The van der Waals surface area contributed by atoms with E-state index < -0.39 is 17.7 Å². The smallest absolute Gasteiger partial charge is 0.269 e. The average Bonchev–Trinajstić information content (AvgIpc) is 3.13. The molecule has 0 aliphatic carbocycles. The third-order valence-corrected chi connectivity index (χ3v) is 4.99. The van der Waals surface area contributed by atoms with Crippen molar-refractivity contribution in [2.45, 2.75) is 6.42 Å². The molecule has 9 heteroatoms. The number of carbonyl (C=O) groups excluding carboxylic acids is 3. The predicted octanol–water partition coefficient (Wildman–Crippen LogP) is 1.93. The van der Waals surface area contributed by atoms with Gasteiger partial charge in [-0.1, -0.05) is 11.6 Å². The molecule has 0 spiro atoms. The monoisotopic (exact) mass is 415 g/mol. The van der Waals surface area contributed by atoms with Gasteiger partial charge in [-0.15, -0.1) is 0 Å². The average molecular weight is 416 g/mol. The van der Waals surface area contributed by atoms with Gasteiger partial charge in [0.2, 0.25) is 11.8 Å². The third kappa shape index (κ3) is 4.12. The molecule has 2 heterocycles. The number of hydrazine groups is 1. The lowest BCUT2D eigenvalue weighted by molar-refractivity contribution is -0.126. The fourth-order valence-corrected chi connectivity index (χ4v) is 3.35. The largest absolute Gasteiger partial charge is 0.486 e. The summed E-state index contributed by atoms with van der Waals surface area (Å²) in [6, 6.07) is 11.5. The number of amides is 3. The lowest BCUT2D eigenvalue weighted by Gasteiger charge is -2.22. The molecule has 2 aromatic carbocycles. The lowest BCUT2D eigenvalue weighted by Crippen LogP contribution is -2.45. The van der Waals surface area contributed by atoms with Crippen molar-refractivity contribution in [2.24, 2.45) is 5.92 Å². The highest BCUT2D eigenvalue weighted by atomic mass is 35.5. The van der Waals surface area contributed by atoms with Gasteiger partial charge >= 0.3 is 0 Å². The van der Waals surface area contributed by atoms with Crippen LogP contribution in [-0.4, -0.2) is 37.5 Å². The van der Waals surface area contributed by atoms with E-state index in [4.69, 9.17) is 21.1 Å². The highest BCUT2D eigenvalue weighted by Crippen LogP contribution is 2.35. The molecule has 0 saturated carbocycles. The van der Waals surface area contributed by atoms with Crippen LogP contribution in [-0.2, 0) is 9.59 Å². The quantitative estimate of drug-likeness (QED) is 0.746. The molecule has 8 nitrogen and oxygen atoms in total. The zero-order valence-electron chi connectivity index (χ0n) is 15.3. The molecule has 0 unspecified atom stereocenters. The number of ether oxygens (including phenoxy) is 2. The van der Waals surface area contributed by atoms with Gasteiger partial charge in [-0.3, -0.25) is 25.2 Å². The van der Waals surface area contributed by atoms with Gasteiger partial charge in [-0.05, 0) is 36.4 Å². The summed E-state index contributed by atoms with van der Waals surface area (Å²) >= 11 is 5.79. The molecule has 2 aliphatic heterocycles. The number of benzene rings is 2. The molecule has 1 fully saturated rings. The van der Waals surface area contributed by atoms with Gasteiger partial charge in [0.05, 0.1) is 5.92 Å².